The number of hydrogen-bond acceptors (Lipinski definition) is 4. The van der Waals surface area contributed by atoms with Crippen LogP contribution >= 0.6 is 0 Å². The first-order valence-electron chi connectivity index (χ1n) is 5.76. The lowest BCUT2D eigenvalue weighted by Gasteiger charge is -2.34. The average Bonchev–Trinajstić information content (AvgIpc) is 2.29. The topological polar surface area (TPSA) is 104 Å². The molecule has 10 heteroatoms. The predicted octanol–water partition coefficient (Wildman–Crippen LogP) is -1.61. The van der Waals surface area contributed by atoms with Gasteiger partial charge in [-0.3, -0.25) is 0 Å². The Morgan fingerprint density at radius 2 is 1.33 bits per heavy atom. The first-order chi connectivity index (χ1) is 8.23. The molecule has 1 rings (SSSR count). The largest absolute Gasteiger partial charge is 0.282 e. The second-order valence-corrected chi connectivity index (χ2v) is 7.41. The molecule has 1 aliphatic rings. The van der Waals surface area contributed by atoms with Crippen molar-refractivity contribution >= 4 is 20.4 Å². The van der Waals surface area contributed by atoms with Crippen molar-refractivity contribution < 1.29 is 16.8 Å². The maximum Gasteiger partial charge on any atom is 0.282 e. The van der Waals surface area contributed by atoms with Crippen LogP contribution in [0, 0.1) is 0 Å². The molecule has 0 atom stereocenters. The first kappa shape index (κ1) is 15.8. The quantitative estimate of drug-likeness (QED) is 0.660. The van der Waals surface area contributed by atoms with Gasteiger partial charge >= 0.3 is 0 Å². The second kappa shape index (κ2) is 5.80. The third-order valence-corrected chi connectivity index (χ3v) is 6.19. The van der Waals surface area contributed by atoms with Gasteiger partial charge in [0.2, 0.25) is 0 Å². The fourth-order valence-electron chi connectivity index (χ4n) is 1.87. The zero-order chi connectivity index (χ0) is 14.0. The summed E-state index contributed by atoms with van der Waals surface area (Å²) in [5, 5.41) is 5.00. The summed E-state index contributed by atoms with van der Waals surface area (Å²) in [6.07, 6.45) is 0. The molecule has 0 unspecified atom stereocenters. The van der Waals surface area contributed by atoms with Crippen molar-refractivity contribution in [1.82, 2.24) is 12.9 Å². The summed E-state index contributed by atoms with van der Waals surface area (Å²) in [7, 11) is -7.22. The maximum atomic E-state index is 12.2. The molecule has 0 aromatic heterocycles. The van der Waals surface area contributed by atoms with E-state index in [0.717, 1.165) is 4.31 Å². The molecule has 0 aliphatic carbocycles. The highest BCUT2D eigenvalue weighted by Gasteiger charge is 2.33. The molecule has 0 bridgehead atoms. The van der Waals surface area contributed by atoms with Crippen LogP contribution in [0.2, 0.25) is 0 Å². The Labute approximate surface area is 109 Å². The molecule has 0 aromatic rings. The minimum absolute atomic E-state index is 0.0966. The van der Waals surface area contributed by atoms with Gasteiger partial charge in [0.1, 0.15) is 0 Å². The number of hydrogen-bond donors (Lipinski definition) is 1. The van der Waals surface area contributed by atoms with Crippen LogP contribution in [-0.2, 0) is 20.4 Å². The molecule has 1 fully saturated rings. The zero-order valence-electron chi connectivity index (χ0n) is 10.6. The summed E-state index contributed by atoms with van der Waals surface area (Å²) in [4.78, 5) is 0. The van der Waals surface area contributed by atoms with Gasteiger partial charge in [-0.15, -0.1) is 0 Å². The number of piperazine rings is 1. The van der Waals surface area contributed by atoms with E-state index in [0.29, 0.717) is 13.1 Å². The van der Waals surface area contributed by atoms with Crippen molar-refractivity contribution in [2.45, 2.75) is 13.8 Å². The Morgan fingerprint density at radius 3 is 1.67 bits per heavy atom. The molecular weight excluding hydrogens is 280 g/mol. The van der Waals surface area contributed by atoms with Crippen molar-refractivity contribution in [1.29, 1.82) is 0 Å². The molecule has 1 heterocycles. The second-order valence-electron chi connectivity index (χ2n) is 3.94. The van der Waals surface area contributed by atoms with Gasteiger partial charge in [0.25, 0.3) is 20.4 Å². The van der Waals surface area contributed by atoms with E-state index in [9.17, 15) is 16.8 Å². The molecular formula is C8H20N4O4S2. The SMILES string of the molecule is CCN(CC)S(=O)(=O)N1CCN(S(N)(=O)=O)CC1. The summed E-state index contributed by atoms with van der Waals surface area (Å²) in [5.41, 5.74) is 0. The Hall–Kier alpha value is -0.260. The Balaban J connectivity index is 2.74. The molecule has 0 spiro atoms. The summed E-state index contributed by atoms with van der Waals surface area (Å²) in [6.45, 7) is 4.79. The lowest BCUT2D eigenvalue weighted by molar-refractivity contribution is 0.256. The lowest BCUT2D eigenvalue weighted by Crippen LogP contribution is -2.55. The molecule has 0 aromatic carbocycles. The normalized spacial score (nSPS) is 20.4. The van der Waals surface area contributed by atoms with Crippen LogP contribution in [0.25, 0.3) is 0 Å². The van der Waals surface area contributed by atoms with E-state index in [2.05, 4.69) is 0 Å². The standard InChI is InChI=1S/C8H20N4O4S2/c1-3-10(4-2)18(15,16)12-7-5-11(6-8-12)17(9,13)14/h3-8H2,1-2H3,(H2,9,13,14). The average molecular weight is 300 g/mol. The van der Waals surface area contributed by atoms with E-state index >= 15 is 0 Å². The molecule has 0 radical (unpaired) electrons. The monoisotopic (exact) mass is 300 g/mol. The Kier molecular flexibility index (Phi) is 5.09. The van der Waals surface area contributed by atoms with Crippen LogP contribution in [0.4, 0.5) is 0 Å². The van der Waals surface area contributed by atoms with Crippen molar-refractivity contribution in [3.63, 3.8) is 0 Å². The fraction of sp³-hybridized carbons (Fsp3) is 1.00. The minimum Gasteiger partial charge on any atom is -0.216 e. The number of rotatable bonds is 5. The Bertz CT molecular complexity index is 463. The zero-order valence-corrected chi connectivity index (χ0v) is 12.2. The molecule has 108 valence electrons. The Morgan fingerprint density at radius 1 is 0.944 bits per heavy atom. The third kappa shape index (κ3) is 3.39. The van der Waals surface area contributed by atoms with Gasteiger partial charge in [-0.25, -0.2) is 5.14 Å². The van der Waals surface area contributed by atoms with Crippen LogP contribution < -0.4 is 5.14 Å². The summed E-state index contributed by atoms with van der Waals surface area (Å²) >= 11 is 0. The van der Waals surface area contributed by atoms with E-state index in [4.69, 9.17) is 5.14 Å². The fourth-order valence-corrected chi connectivity index (χ4v) is 4.14. The molecule has 1 aliphatic heterocycles. The molecule has 1 saturated heterocycles. The van der Waals surface area contributed by atoms with E-state index < -0.39 is 20.4 Å². The van der Waals surface area contributed by atoms with Gasteiger partial charge < -0.3 is 0 Å². The summed E-state index contributed by atoms with van der Waals surface area (Å²) in [6, 6.07) is 0. The molecule has 8 nitrogen and oxygen atoms in total. The van der Waals surface area contributed by atoms with Crippen LogP contribution in [-0.4, -0.2) is 69.0 Å². The highest BCUT2D eigenvalue weighted by molar-refractivity contribution is 7.87. The van der Waals surface area contributed by atoms with Gasteiger partial charge in [-0.2, -0.15) is 29.8 Å². The van der Waals surface area contributed by atoms with Crippen molar-refractivity contribution in [2.24, 2.45) is 5.14 Å². The molecule has 0 saturated carbocycles. The van der Waals surface area contributed by atoms with Crippen molar-refractivity contribution in [2.75, 3.05) is 39.3 Å². The lowest BCUT2D eigenvalue weighted by atomic mass is 10.4. The van der Waals surface area contributed by atoms with E-state index in [1.54, 1.807) is 13.8 Å². The maximum absolute atomic E-state index is 12.2. The molecule has 0 amide bonds. The molecule has 2 N–H and O–H groups in total. The van der Waals surface area contributed by atoms with Gasteiger partial charge in [-0.05, 0) is 0 Å². The van der Waals surface area contributed by atoms with E-state index in [-0.39, 0.29) is 26.2 Å². The van der Waals surface area contributed by atoms with E-state index in [1.165, 1.54) is 8.61 Å². The van der Waals surface area contributed by atoms with Gasteiger partial charge in [0.05, 0.1) is 0 Å². The van der Waals surface area contributed by atoms with Crippen molar-refractivity contribution in [3.8, 4) is 0 Å². The van der Waals surface area contributed by atoms with Gasteiger partial charge in [0.15, 0.2) is 0 Å². The molecule has 18 heavy (non-hydrogen) atoms. The summed E-state index contributed by atoms with van der Waals surface area (Å²) in [5.74, 6) is 0. The highest BCUT2D eigenvalue weighted by atomic mass is 32.2. The summed E-state index contributed by atoms with van der Waals surface area (Å²) < 4.78 is 50.3. The third-order valence-electron chi connectivity index (χ3n) is 2.92. The van der Waals surface area contributed by atoms with E-state index in [1.807, 2.05) is 0 Å². The highest BCUT2D eigenvalue weighted by Crippen LogP contribution is 2.12. The minimum atomic E-state index is -3.73. The van der Waals surface area contributed by atoms with Crippen LogP contribution in [0.15, 0.2) is 0 Å². The van der Waals surface area contributed by atoms with Crippen molar-refractivity contribution in [3.05, 3.63) is 0 Å². The van der Waals surface area contributed by atoms with Gasteiger partial charge in [0, 0.05) is 39.3 Å². The van der Waals surface area contributed by atoms with Crippen LogP contribution in [0.5, 0.6) is 0 Å². The smallest absolute Gasteiger partial charge is 0.216 e. The predicted molar refractivity (Wildman–Crippen MR) is 68.1 cm³/mol. The van der Waals surface area contributed by atoms with Gasteiger partial charge in [-0.1, -0.05) is 13.8 Å². The van der Waals surface area contributed by atoms with Crippen LogP contribution in [0.1, 0.15) is 13.8 Å². The number of nitrogens with zero attached hydrogens (tertiary/aromatic N) is 3. The first-order valence-corrected chi connectivity index (χ1v) is 8.66. The number of nitrogens with two attached hydrogens (primary N) is 1. The van der Waals surface area contributed by atoms with Crippen LogP contribution in [0.3, 0.4) is 0 Å².